The van der Waals surface area contributed by atoms with E-state index < -0.39 is 48.0 Å². The molecule has 1 aliphatic heterocycles. The highest BCUT2D eigenvalue weighted by Crippen LogP contribution is 2.42. The zero-order valence-electron chi connectivity index (χ0n) is 22.7. The van der Waals surface area contributed by atoms with E-state index in [2.05, 4.69) is 0 Å². The molecular weight excluding hydrogens is 575 g/mol. The Balaban J connectivity index is 1.58. The van der Waals surface area contributed by atoms with Gasteiger partial charge < -0.3 is 24.3 Å². The molecule has 1 saturated heterocycles. The summed E-state index contributed by atoms with van der Waals surface area (Å²) in [6.45, 7) is 0.0922. The van der Waals surface area contributed by atoms with Crippen LogP contribution in [0.4, 0.5) is 30.7 Å². The molecule has 228 valence electrons. The van der Waals surface area contributed by atoms with Gasteiger partial charge >= 0.3 is 18.3 Å². The monoisotopic (exact) mass is 603 g/mol. The minimum atomic E-state index is -5.05. The van der Waals surface area contributed by atoms with Crippen molar-refractivity contribution < 1.29 is 49.8 Å². The van der Waals surface area contributed by atoms with E-state index in [9.17, 15) is 40.3 Å². The van der Waals surface area contributed by atoms with Crippen LogP contribution in [0.5, 0.6) is 5.75 Å². The molecule has 14 heteroatoms. The lowest BCUT2D eigenvalue weighted by molar-refractivity contribution is -0.173. The summed E-state index contributed by atoms with van der Waals surface area (Å²) in [6, 6.07) is 5.81. The van der Waals surface area contributed by atoms with Crippen LogP contribution in [0.2, 0.25) is 0 Å². The Hall–Kier alpha value is -3.81. The molecule has 0 bridgehead atoms. The number of carbonyl (C=O) groups excluding carboxylic acids is 2. The van der Waals surface area contributed by atoms with Gasteiger partial charge in [0.2, 0.25) is 0 Å². The van der Waals surface area contributed by atoms with Crippen LogP contribution in [0.25, 0.3) is 10.9 Å². The van der Waals surface area contributed by atoms with Gasteiger partial charge in [-0.25, -0.2) is 4.39 Å². The van der Waals surface area contributed by atoms with E-state index in [1.807, 2.05) is 0 Å². The number of fused-ring (bicyclic) bond motifs is 1. The largest absolute Gasteiger partial charge is 0.495 e. The fraction of sp³-hybridized carbons (Fsp3) is 0.429. The molecule has 2 aromatic carbocycles. The fourth-order valence-electron chi connectivity index (χ4n) is 5.21. The minimum absolute atomic E-state index is 0.105. The lowest BCUT2D eigenvalue weighted by Crippen LogP contribution is -2.38. The first-order chi connectivity index (χ1) is 19.8. The molecule has 4 rings (SSSR count). The third-order valence-electron chi connectivity index (χ3n) is 7.27. The smallest absolute Gasteiger partial charge is 0.471 e. The Labute approximate surface area is 236 Å². The summed E-state index contributed by atoms with van der Waals surface area (Å²) in [7, 11) is 2.76. The van der Waals surface area contributed by atoms with Gasteiger partial charge in [0.15, 0.2) is 0 Å². The number of benzene rings is 2. The number of piperidine rings is 1. The molecule has 0 aliphatic carbocycles. The van der Waals surface area contributed by atoms with Crippen molar-refractivity contribution >= 4 is 22.7 Å². The molecular formula is C28H28F7N3O4. The Kier molecular flexibility index (Phi) is 9.04. The number of ether oxygens (including phenoxy) is 2. The Morgan fingerprint density at radius 2 is 1.71 bits per heavy atom. The average molecular weight is 604 g/mol. The maximum Gasteiger partial charge on any atom is 0.471 e. The molecule has 1 aliphatic rings. The van der Waals surface area contributed by atoms with Crippen LogP contribution >= 0.6 is 0 Å². The summed E-state index contributed by atoms with van der Waals surface area (Å²) in [5.74, 6) is -3.57. The predicted molar refractivity (Wildman–Crippen MR) is 138 cm³/mol. The van der Waals surface area contributed by atoms with Crippen LogP contribution in [0, 0.1) is 5.82 Å². The minimum Gasteiger partial charge on any atom is -0.495 e. The van der Waals surface area contributed by atoms with Crippen molar-refractivity contribution in [3.8, 4) is 5.75 Å². The van der Waals surface area contributed by atoms with Gasteiger partial charge in [0.25, 0.3) is 5.91 Å². The van der Waals surface area contributed by atoms with Crippen molar-refractivity contribution in [2.24, 2.45) is 0 Å². The zero-order chi connectivity index (χ0) is 30.8. The third-order valence-corrected chi connectivity index (χ3v) is 7.27. The van der Waals surface area contributed by atoms with E-state index in [-0.39, 0.29) is 72.4 Å². The molecule has 2 amide bonds. The SMILES string of the molecule is COCCn1cc(C(=O)N2CCC(c3cc(CNC(=O)C(F)(F)F)ccc3F)CC2)c2c(C(F)(F)F)ccc(OC)c21. The number of hydrogen-bond acceptors (Lipinski definition) is 4. The number of rotatable bonds is 8. The molecule has 2 heterocycles. The Morgan fingerprint density at radius 1 is 1.02 bits per heavy atom. The quantitative estimate of drug-likeness (QED) is 0.338. The van der Waals surface area contributed by atoms with Crippen molar-refractivity contribution in [1.82, 2.24) is 14.8 Å². The normalized spacial score (nSPS) is 14.8. The second-order valence-corrected chi connectivity index (χ2v) is 9.87. The number of methoxy groups -OCH3 is 2. The van der Waals surface area contributed by atoms with Crippen LogP contribution < -0.4 is 10.1 Å². The number of alkyl halides is 6. The van der Waals surface area contributed by atoms with Crippen molar-refractivity contribution in [3.63, 3.8) is 0 Å². The fourth-order valence-corrected chi connectivity index (χ4v) is 5.21. The number of carbonyl (C=O) groups is 2. The summed E-state index contributed by atoms with van der Waals surface area (Å²) in [4.78, 5) is 26.2. The maximum absolute atomic E-state index is 14.7. The van der Waals surface area contributed by atoms with Crippen LogP contribution in [0.3, 0.4) is 0 Å². The first-order valence-electron chi connectivity index (χ1n) is 12.9. The highest BCUT2D eigenvalue weighted by Gasteiger charge is 2.39. The van der Waals surface area contributed by atoms with Crippen molar-refractivity contribution in [2.75, 3.05) is 33.9 Å². The molecule has 1 N–H and O–H groups in total. The number of likely N-dealkylation sites (tertiary alicyclic amines) is 1. The van der Waals surface area contributed by atoms with Gasteiger partial charge in [-0.2, -0.15) is 26.3 Å². The first-order valence-corrected chi connectivity index (χ1v) is 12.9. The topological polar surface area (TPSA) is 72.8 Å². The molecule has 42 heavy (non-hydrogen) atoms. The van der Waals surface area contributed by atoms with Gasteiger partial charge in [-0.15, -0.1) is 0 Å². The van der Waals surface area contributed by atoms with Gasteiger partial charge in [-0.3, -0.25) is 9.59 Å². The summed E-state index contributed by atoms with van der Waals surface area (Å²) >= 11 is 0. The third kappa shape index (κ3) is 6.48. The maximum atomic E-state index is 14.7. The van der Waals surface area contributed by atoms with Crippen LogP contribution in [0.15, 0.2) is 36.5 Å². The molecule has 0 spiro atoms. The molecule has 0 radical (unpaired) electrons. The second kappa shape index (κ2) is 12.2. The van der Waals surface area contributed by atoms with Crippen LogP contribution in [0.1, 0.15) is 45.8 Å². The van der Waals surface area contributed by atoms with E-state index in [1.54, 1.807) is 5.32 Å². The van der Waals surface area contributed by atoms with Crippen molar-refractivity contribution in [3.05, 3.63) is 64.6 Å². The number of halogens is 7. The van der Waals surface area contributed by atoms with E-state index >= 15 is 0 Å². The molecule has 7 nitrogen and oxygen atoms in total. The molecule has 3 aromatic rings. The average Bonchev–Trinajstić information content (AvgIpc) is 3.33. The first kappa shape index (κ1) is 31.1. The van der Waals surface area contributed by atoms with Crippen molar-refractivity contribution in [1.29, 1.82) is 0 Å². The second-order valence-electron chi connectivity index (χ2n) is 9.87. The van der Waals surface area contributed by atoms with Gasteiger partial charge in [-0.1, -0.05) is 12.1 Å². The van der Waals surface area contributed by atoms with Crippen molar-refractivity contribution in [2.45, 2.75) is 44.2 Å². The number of hydrogen-bond donors (Lipinski definition) is 1. The summed E-state index contributed by atoms with van der Waals surface area (Å²) in [6.07, 6.45) is -7.92. The number of nitrogens with one attached hydrogen (secondary N) is 1. The highest BCUT2D eigenvalue weighted by atomic mass is 19.4. The molecule has 0 unspecified atom stereocenters. The Bertz CT molecular complexity index is 1460. The predicted octanol–water partition coefficient (Wildman–Crippen LogP) is 5.65. The standard InChI is InChI=1S/C28H28F7N3O4/c1-41-12-11-38-15-19(23-20(27(30,31)32)4-6-22(42-2)24(23)38)25(39)37-9-7-17(8-10-37)18-13-16(3-5-21(18)29)14-36-26(40)28(33,34)35/h3-6,13,15,17H,7-12,14H2,1-2H3,(H,36,40). The number of aromatic nitrogens is 1. The van der Waals surface area contributed by atoms with Crippen LogP contribution in [-0.4, -0.2) is 61.4 Å². The van der Waals surface area contributed by atoms with E-state index in [0.29, 0.717) is 0 Å². The summed E-state index contributed by atoms with van der Waals surface area (Å²) < 4.78 is 106. The highest BCUT2D eigenvalue weighted by molar-refractivity contribution is 6.09. The number of nitrogens with zero attached hydrogens (tertiary/aromatic N) is 2. The molecule has 0 saturated carbocycles. The van der Waals surface area contributed by atoms with E-state index in [1.165, 1.54) is 48.1 Å². The summed E-state index contributed by atoms with van der Waals surface area (Å²) in [5, 5.41) is 1.46. The number of amides is 2. The van der Waals surface area contributed by atoms with Gasteiger partial charge in [0, 0.05) is 44.9 Å². The lowest BCUT2D eigenvalue weighted by atomic mass is 9.88. The summed E-state index contributed by atoms with van der Waals surface area (Å²) in [5.41, 5.74) is -0.538. The van der Waals surface area contributed by atoms with Gasteiger partial charge in [0.05, 0.1) is 30.4 Å². The van der Waals surface area contributed by atoms with E-state index in [0.717, 1.165) is 12.1 Å². The van der Waals surface area contributed by atoms with Gasteiger partial charge in [0.1, 0.15) is 11.6 Å². The molecule has 1 aromatic heterocycles. The molecule has 0 atom stereocenters. The van der Waals surface area contributed by atoms with Crippen LogP contribution in [-0.2, 0) is 28.8 Å². The van der Waals surface area contributed by atoms with Gasteiger partial charge in [-0.05, 0) is 48.1 Å². The molecule has 1 fully saturated rings. The van der Waals surface area contributed by atoms with E-state index in [4.69, 9.17) is 9.47 Å². The zero-order valence-corrected chi connectivity index (χ0v) is 22.7. The Morgan fingerprint density at radius 3 is 2.31 bits per heavy atom. The lowest BCUT2D eigenvalue weighted by Gasteiger charge is -2.32.